The Hall–Kier alpha value is -1.94. The van der Waals surface area contributed by atoms with E-state index in [4.69, 9.17) is 9.84 Å². The molecule has 0 bridgehead atoms. The monoisotopic (exact) mass is 216 g/mol. The smallest absolute Gasteiger partial charge is 0.154 e. The molecular weight excluding hydrogens is 204 g/mol. The van der Waals surface area contributed by atoms with Gasteiger partial charge < -0.3 is 9.84 Å². The zero-order valence-corrected chi connectivity index (χ0v) is 8.92. The number of aliphatic hydroxyl groups is 1. The van der Waals surface area contributed by atoms with Crippen LogP contribution < -0.4 is 4.74 Å². The summed E-state index contributed by atoms with van der Waals surface area (Å²) < 4.78 is 5.25. The highest BCUT2D eigenvalue weighted by molar-refractivity contribution is 5.66. The minimum atomic E-state index is -0.164. The van der Waals surface area contributed by atoms with Crippen molar-refractivity contribution in [3.63, 3.8) is 0 Å². The van der Waals surface area contributed by atoms with Gasteiger partial charge in [-0.2, -0.15) is 0 Å². The maximum atomic E-state index is 8.98. The fourth-order valence-corrected chi connectivity index (χ4v) is 1.48. The van der Waals surface area contributed by atoms with Crippen molar-refractivity contribution in [2.75, 3.05) is 7.11 Å². The number of hydrogen-bond acceptors (Lipinski definition) is 4. The highest BCUT2D eigenvalue weighted by Crippen LogP contribution is 2.27. The van der Waals surface area contributed by atoms with E-state index in [2.05, 4.69) is 9.97 Å². The zero-order chi connectivity index (χ0) is 11.4. The highest BCUT2D eigenvalue weighted by atomic mass is 16.5. The molecule has 0 radical (unpaired) electrons. The Labute approximate surface area is 93.6 Å². The van der Waals surface area contributed by atoms with Crippen LogP contribution in [0.4, 0.5) is 0 Å². The number of aromatic nitrogens is 2. The number of ether oxygens (including phenoxy) is 1. The number of hydrogen-bond donors (Lipinski definition) is 1. The second-order valence-corrected chi connectivity index (χ2v) is 3.22. The maximum absolute atomic E-state index is 8.98. The van der Waals surface area contributed by atoms with Crippen molar-refractivity contribution in [2.24, 2.45) is 0 Å². The lowest BCUT2D eigenvalue weighted by molar-refractivity contribution is 0.271. The molecule has 0 aliphatic rings. The summed E-state index contributed by atoms with van der Waals surface area (Å²) in [6.45, 7) is -0.164. The second kappa shape index (κ2) is 4.72. The Balaban J connectivity index is 2.49. The standard InChI is InChI=1S/C12H12N2O2/c1-16-11-5-3-2-4-9(11)10-6-7-13-12(8-15)14-10/h2-7,15H,8H2,1H3. The molecule has 16 heavy (non-hydrogen) atoms. The number of rotatable bonds is 3. The molecule has 82 valence electrons. The van der Waals surface area contributed by atoms with Crippen molar-refractivity contribution >= 4 is 0 Å². The molecule has 4 nitrogen and oxygen atoms in total. The molecule has 0 aliphatic heterocycles. The van der Waals surface area contributed by atoms with Gasteiger partial charge in [-0.15, -0.1) is 0 Å². The quantitative estimate of drug-likeness (QED) is 0.847. The third kappa shape index (κ3) is 2.01. The summed E-state index contributed by atoms with van der Waals surface area (Å²) >= 11 is 0. The normalized spacial score (nSPS) is 10.1. The van der Waals surface area contributed by atoms with Crippen LogP contribution in [0, 0.1) is 0 Å². The fourth-order valence-electron chi connectivity index (χ4n) is 1.48. The van der Waals surface area contributed by atoms with Gasteiger partial charge in [0.15, 0.2) is 5.82 Å². The van der Waals surface area contributed by atoms with Crippen molar-refractivity contribution < 1.29 is 9.84 Å². The van der Waals surface area contributed by atoms with Crippen LogP contribution in [0.5, 0.6) is 5.75 Å². The summed E-state index contributed by atoms with van der Waals surface area (Å²) in [6, 6.07) is 9.39. The first kappa shape index (κ1) is 10.6. The van der Waals surface area contributed by atoms with E-state index >= 15 is 0 Å². The second-order valence-electron chi connectivity index (χ2n) is 3.22. The highest BCUT2D eigenvalue weighted by Gasteiger charge is 2.06. The Morgan fingerprint density at radius 2 is 2.06 bits per heavy atom. The lowest BCUT2D eigenvalue weighted by Gasteiger charge is -2.07. The molecule has 2 aromatic rings. The zero-order valence-electron chi connectivity index (χ0n) is 8.92. The largest absolute Gasteiger partial charge is 0.496 e. The summed E-state index contributed by atoms with van der Waals surface area (Å²) in [5, 5.41) is 8.98. The van der Waals surface area contributed by atoms with Gasteiger partial charge in [-0.3, -0.25) is 0 Å². The minimum Gasteiger partial charge on any atom is -0.496 e. The first-order chi connectivity index (χ1) is 7.85. The Bertz CT molecular complexity index is 486. The van der Waals surface area contributed by atoms with Crippen LogP contribution in [0.15, 0.2) is 36.5 Å². The lowest BCUT2D eigenvalue weighted by Crippen LogP contribution is -1.96. The Morgan fingerprint density at radius 1 is 1.25 bits per heavy atom. The molecule has 1 N–H and O–H groups in total. The summed E-state index contributed by atoms with van der Waals surface area (Å²) in [4.78, 5) is 8.17. The average Bonchev–Trinajstić information content (AvgIpc) is 2.38. The summed E-state index contributed by atoms with van der Waals surface area (Å²) in [7, 11) is 1.62. The van der Waals surface area contributed by atoms with Crippen LogP contribution in [0.1, 0.15) is 5.82 Å². The third-order valence-corrected chi connectivity index (χ3v) is 2.23. The molecule has 0 amide bonds. The van der Waals surface area contributed by atoms with Gasteiger partial charge in [0.2, 0.25) is 0 Å². The average molecular weight is 216 g/mol. The maximum Gasteiger partial charge on any atom is 0.154 e. The number of nitrogens with zero attached hydrogens (tertiary/aromatic N) is 2. The predicted octanol–water partition coefficient (Wildman–Crippen LogP) is 1.64. The SMILES string of the molecule is COc1ccccc1-c1ccnc(CO)n1. The fraction of sp³-hybridized carbons (Fsp3) is 0.167. The van der Waals surface area contributed by atoms with E-state index in [9.17, 15) is 0 Å². The summed E-state index contributed by atoms with van der Waals surface area (Å²) in [6.07, 6.45) is 1.63. The van der Waals surface area contributed by atoms with Gasteiger partial charge in [-0.1, -0.05) is 12.1 Å². The van der Waals surface area contributed by atoms with E-state index < -0.39 is 0 Å². The van der Waals surface area contributed by atoms with Gasteiger partial charge >= 0.3 is 0 Å². The van der Waals surface area contributed by atoms with Gasteiger partial charge in [0.1, 0.15) is 12.4 Å². The number of para-hydroxylation sites is 1. The van der Waals surface area contributed by atoms with Crippen molar-refractivity contribution in [3.8, 4) is 17.0 Å². The van der Waals surface area contributed by atoms with Gasteiger partial charge in [0.05, 0.1) is 12.8 Å². The predicted molar refractivity (Wildman–Crippen MR) is 59.9 cm³/mol. The van der Waals surface area contributed by atoms with Gasteiger partial charge in [-0.25, -0.2) is 9.97 Å². The van der Waals surface area contributed by atoms with E-state index in [1.807, 2.05) is 24.3 Å². The molecule has 0 unspecified atom stereocenters. The Kier molecular flexibility index (Phi) is 3.12. The molecule has 0 aliphatic carbocycles. The topological polar surface area (TPSA) is 55.2 Å². The van der Waals surface area contributed by atoms with E-state index in [1.54, 1.807) is 19.4 Å². The number of aliphatic hydroxyl groups excluding tert-OH is 1. The van der Waals surface area contributed by atoms with Crippen molar-refractivity contribution in [3.05, 3.63) is 42.4 Å². The number of methoxy groups -OCH3 is 1. The van der Waals surface area contributed by atoms with E-state index in [0.717, 1.165) is 17.0 Å². The Morgan fingerprint density at radius 3 is 2.81 bits per heavy atom. The van der Waals surface area contributed by atoms with Crippen molar-refractivity contribution in [1.29, 1.82) is 0 Å². The first-order valence-electron chi connectivity index (χ1n) is 4.91. The van der Waals surface area contributed by atoms with Gasteiger partial charge in [0.25, 0.3) is 0 Å². The molecule has 0 spiro atoms. The van der Waals surface area contributed by atoms with Crippen LogP contribution >= 0.6 is 0 Å². The minimum absolute atomic E-state index is 0.164. The van der Waals surface area contributed by atoms with Crippen molar-refractivity contribution in [2.45, 2.75) is 6.61 Å². The van der Waals surface area contributed by atoms with Crippen LogP contribution in [0.2, 0.25) is 0 Å². The molecule has 0 fully saturated rings. The van der Waals surface area contributed by atoms with Crippen molar-refractivity contribution in [1.82, 2.24) is 9.97 Å². The first-order valence-corrected chi connectivity index (χ1v) is 4.91. The molecule has 0 saturated heterocycles. The molecule has 0 saturated carbocycles. The van der Waals surface area contributed by atoms with Crippen LogP contribution in [-0.4, -0.2) is 22.2 Å². The molecule has 4 heteroatoms. The van der Waals surface area contributed by atoms with Crippen LogP contribution in [-0.2, 0) is 6.61 Å². The molecule has 1 aromatic heterocycles. The molecular formula is C12H12N2O2. The summed E-state index contributed by atoms with van der Waals surface area (Å²) in [5.41, 5.74) is 1.64. The van der Waals surface area contributed by atoms with Crippen LogP contribution in [0.3, 0.4) is 0 Å². The van der Waals surface area contributed by atoms with E-state index in [-0.39, 0.29) is 6.61 Å². The number of benzene rings is 1. The molecule has 1 heterocycles. The molecule has 0 atom stereocenters. The van der Waals surface area contributed by atoms with E-state index in [1.165, 1.54) is 0 Å². The van der Waals surface area contributed by atoms with Gasteiger partial charge in [-0.05, 0) is 18.2 Å². The van der Waals surface area contributed by atoms with E-state index in [0.29, 0.717) is 5.82 Å². The summed E-state index contributed by atoms with van der Waals surface area (Å²) in [5.74, 6) is 1.16. The molecule has 1 aromatic carbocycles. The van der Waals surface area contributed by atoms with Gasteiger partial charge in [0, 0.05) is 11.8 Å². The third-order valence-electron chi connectivity index (χ3n) is 2.23. The molecule has 2 rings (SSSR count). The van der Waals surface area contributed by atoms with Crippen LogP contribution in [0.25, 0.3) is 11.3 Å². The lowest BCUT2D eigenvalue weighted by atomic mass is 10.1.